The molecule has 0 saturated heterocycles. The van der Waals surface area contributed by atoms with Crippen molar-refractivity contribution in [1.29, 1.82) is 0 Å². The predicted molar refractivity (Wildman–Crippen MR) is 71.7 cm³/mol. The zero-order valence-electron chi connectivity index (χ0n) is 10.3. The Hall–Kier alpha value is -1.65. The minimum Gasteiger partial charge on any atom is -0.496 e. The summed E-state index contributed by atoms with van der Waals surface area (Å²) < 4.78 is 5.36. The number of halogens is 1. The molecule has 1 aromatic carbocycles. The van der Waals surface area contributed by atoms with Crippen molar-refractivity contribution < 1.29 is 4.74 Å². The number of aryl methyl sites for hydroxylation is 1. The number of benzene rings is 1. The fourth-order valence-electron chi connectivity index (χ4n) is 1.68. The van der Waals surface area contributed by atoms with Gasteiger partial charge in [0.15, 0.2) is 0 Å². The monoisotopic (exact) mass is 263 g/mol. The number of methoxy groups -OCH3 is 1. The topological polar surface area (TPSA) is 61.0 Å². The molecule has 18 heavy (non-hydrogen) atoms. The molecule has 0 bridgehead atoms. The molecule has 1 aromatic heterocycles. The largest absolute Gasteiger partial charge is 0.496 e. The maximum atomic E-state index is 6.14. The first kappa shape index (κ1) is 12.8. The van der Waals surface area contributed by atoms with E-state index in [4.69, 9.17) is 22.1 Å². The van der Waals surface area contributed by atoms with Crippen molar-refractivity contribution in [3.8, 4) is 17.0 Å². The van der Waals surface area contributed by atoms with Gasteiger partial charge >= 0.3 is 0 Å². The maximum absolute atomic E-state index is 6.14. The smallest absolute Gasteiger partial charge is 0.128 e. The van der Waals surface area contributed by atoms with E-state index in [2.05, 4.69) is 9.97 Å². The normalized spacial score (nSPS) is 10.4. The first-order valence-corrected chi connectivity index (χ1v) is 5.89. The van der Waals surface area contributed by atoms with Gasteiger partial charge in [-0.15, -0.1) is 0 Å². The molecule has 0 aliphatic carbocycles. The Morgan fingerprint density at radius 2 is 2.06 bits per heavy atom. The number of hydrogen-bond donors (Lipinski definition) is 1. The lowest BCUT2D eigenvalue weighted by molar-refractivity contribution is 0.416. The molecule has 2 rings (SSSR count). The van der Waals surface area contributed by atoms with Crippen LogP contribution in [0.4, 0.5) is 0 Å². The van der Waals surface area contributed by atoms with Crippen LogP contribution in [0.5, 0.6) is 5.75 Å². The SMILES string of the molecule is COc1cc(C)c(Cl)cc1-c1cc(CN)ncn1. The second-order valence-electron chi connectivity index (χ2n) is 3.90. The number of aromatic nitrogens is 2. The molecule has 2 N–H and O–H groups in total. The van der Waals surface area contributed by atoms with Gasteiger partial charge in [-0.25, -0.2) is 9.97 Å². The quantitative estimate of drug-likeness (QED) is 0.925. The minimum absolute atomic E-state index is 0.372. The van der Waals surface area contributed by atoms with E-state index in [0.29, 0.717) is 11.6 Å². The van der Waals surface area contributed by atoms with E-state index in [9.17, 15) is 0 Å². The Balaban J connectivity index is 2.58. The highest BCUT2D eigenvalue weighted by molar-refractivity contribution is 6.31. The summed E-state index contributed by atoms with van der Waals surface area (Å²) >= 11 is 6.14. The standard InChI is InChI=1S/C13H14ClN3O/c1-8-3-13(18-2)10(5-11(8)14)12-4-9(6-15)16-7-17-12/h3-5,7H,6,15H2,1-2H3. The van der Waals surface area contributed by atoms with Crippen LogP contribution in [0.2, 0.25) is 5.02 Å². The lowest BCUT2D eigenvalue weighted by Gasteiger charge is -2.10. The molecule has 2 aromatic rings. The number of hydrogen-bond acceptors (Lipinski definition) is 4. The van der Waals surface area contributed by atoms with Crippen molar-refractivity contribution in [1.82, 2.24) is 9.97 Å². The fourth-order valence-corrected chi connectivity index (χ4v) is 1.84. The first-order chi connectivity index (χ1) is 8.65. The van der Waals surface area contributed by atoms with E-state index >= 15 is 0 Å². The molecule has 0 saturated carbocycles. The van der Waals surface area contributed by atoms with Gasteiger partial charge in [0, 0.05) is 17.1 Å². The molecular weight excluding hydrogens is 250 g/mol. The molecule has 0 radical (unpaired) electrons. The van der Waals surface area contributed by atoms with Gasteiger partial charge in [-0.05, 0) is 30.7 Å². The van der Waals surface area contributed by atoms with E-state index in [-0.39, 0.29) is 0 Å². The summed E-state index contributed by atoms with van der Waals surface area (Å²) in [5.74, 6) is 0.735. The third-order valence-corrected chi connectivity index (χ3v) is 3.10. The Labute approximate surface area is 111 Å². The van der Waals surface area contributed by atoms with Crippen LogP contribution in [0.1, 0.15) is 11.3 Å². The highest BCUT2D eigenvalue weighted by Crippen LogP contribution is 2.33. The zero-order chi connectivity index (χ0) is 13.1. The summed E-state index contributed by atoms with van der Waals surface area (Å²) in [5, 5.41) is 0.679. The first-order valence-electron chi connectivity index (χ1n) is 5.51. The second-order valence-corrected chi connectivity index (χ2v) is 4.31. The zero-order valence-corrected chi connectivity index (χ0v) is 11.0. The molecule has 1 heterocycles. The number of nitrogens with zero attached hydrogens (tertiary/aromatic N) is 2. The van der Waals surface area contributed by atoms with Gasteiger partial charge in [-0.1, -0.05) is 11.6 Å². The van der Waals surface area contributed by atoms with Crippen LogP contribution in [0.3, 0.4) is 0 Å². The molecule has 0 aliphatic heterocycles. The van der Waals surface area contributed by atoms with Crippen molar-refractivity contribution in [2.75, 3.05) is 7.11 Å². The summed E-state index contributed by atoms with van der Waals surface area (Å²) in [6.07, 6.45) is 1.49. The van der Waals surface area contributed by atoms with Crippen molar-refractivity contribution in [3.63, 3.8) is 0 Å². The molecule has 94 valence electrons. The van der Waals surface area contributed by atoms with E-state index in [1.807, 2.05) is 25.1 Å². The van der Waals surface area contributed by atoms with Crippen molar-refractivity contribution in [2.24, 2.45) is 5.73 Å². The molecule has 0 amide bonds. The van der Waals surface area contributed by atoms with E-state index in [1.54, 1.807) is 7.11 Å². The minimum atomic E-state index is 0.372. The van der Waals surface area contributed by atoms with Crippen LogP contribution in [0.15, 0.2) is 24.5 Å². The Bertz CT molecular complexity index is 572. The third kappa shape index (κ3) is 2.44. The van der Waals surface area contributed by atoms with Crippen LogP contribution < -0.4 is 10.5 Å². The molecule has 4 nitrogen and oxygen atoms in total. The number of ether oxygens (including phenoxy) is 1. The van der Waals surface area contributed by atoms with Crippen molar-refractivity contribution in [2.45, 2.75) is 13.5 Å². The average Bonchev–Trinajstić information content (AvgIpc) is 2.41. The molecule has 0 spiro atoms. The molecular formula is C13H14ClN3O. The summed E-state index contributed by atoms with van der Waals surface area (Å²) in [5.41, 5.74) is 8.91. The van der Waals surface area contributed by atoms with E-state index in [1.165, 1.54) is 6.33 Å². The lowest BCUT2D eigenvalue weighted by Crippen LogP contribution is -2.01. The highest BCUT2D eigenvalue weighted by atomic mass is 35.5. The van der Waals surface area contributed by atoms with Gasteiger partial charge in [-0.2, -0.15) is 0 Å². The summed E-state index contributed by atoms with van der Waals surface area (Å²) in [6.45, 7) is 2.30. The van der Waals surface area contributed by atoms with Crippen LogP contribution >= 0.6 is 11.6 Å². The van der Waals surface area contributed by atoms with E-state index < -0.39 is 0 Å². The van der Waals surface area contributed by atoms with Gasteiger partial charge in [0.2, 0.25) is 0 Å². The lowest BCUT2D eigenvalue weighted by atomic mass is 10.1. The number of nitrogens with two attached hydrogens (primary N) is 1. The summed E-state index contributed by atoms with van der Waals surface area (Å²) in [4.78, 5) is 8.30. The van der Waals surface area contributed by atoms with Crippen LogP contribution in [0.25, 0.3) is 11.3 Å². The van der Waals surface area contributed by atoms with Gasteiger partial charge in [0.25, 0.3) is 0 Å². The molecule has 0 atom stereocenters. The number of rotatable bonds is 3. The molecule has 5 heteroatoms. The van der Waals surface area contributed by atoms with Gasteiger partial charge < -0.3 is 10.5 Å². The Morgan fingerprint density at radius 3 is 2.72 bits per heavy atom. The van der Waals surface area contributed by atoms with E-state index in [0.717, 1.165) is 28.3 Å². The third-order valence-electron chi connectivity index (χ3n) is 2.69. The van der Waals surface area contributed by atoms with Gasteiger partial charge in [0.05, 0.1) is 18.5 Å². The van der Waals surface area contributed by atoms with Gasteiger partial charge in [-0.3, -0.25) is 0 Å². The predicted octanol–water partition coefficient (Wildman–Crippen LogP) is 2.57. The van der Waals surface area contributed by atoms with Crippen molar-refractivity contribution >= 4 is 11.6 Å². The maximum Gasteiger partial charge on any atom is 0.128 e. The van der Waals surface area contributed by atoms with Gasteiger partial charge in [0.1, 0.15) is 12.1 Å². The summed E-state index contributed by atoms with van der Waals surface area (Å²) in [6, 6.07) is 5.57. The Kier molecular flexibility index (Phi) is 3.79. The molecule has 0 unspecified atom stereocenters. The van der Waals surface area contributed by atoms with Crippen LogP contribution in [0, 0.1) is 6.92 Å². The Morgan fingerprint density at radius 1 is 1.28 bits per heavy atom. The second kappa shape index (κ2) is 5.33. The highest BCUT2D eigenvalue weighted by Gasteiger charge is 2.11. The molecule has 0 aliphatic rings. The van der Waals surface area contributed by atoms with Crippen LogP contribution in [-0.4, -0.2) is 17.1 Å². The summed E-state index contributed by atoms with van der Waals surface area (Å²) in [7, 11) is 1.62. The van der Waals surface area contributed by atoms with Crippen LogP contribution in [-0.2, 0) is 6.54 Å². The fraction of sp³-hybridized carbons (Fsp3) is 0.231. The molecule has 0 fully saturated rings. The average molecular weight is 264 g/mol. The van der Waals surface area contributed by atoms with Crippen molar-refractivity contribution in [3.05, 3.63) is 40.8 Å².